The van der Waals surface area contributed by atoms with Gasteiger partial charge >= 0.3 is 0 Å². The molecule has 1 fully saturated rings. The van der Waals surface area contributed by atoms with Crippen LogP contribution in [0.2, 0.25) is 0 Å². The summed E-state index contributed by atoms with van der Waals surface area (Å²) < 4.78 is 21.3. The minimum absolute atomic E-state index is 0.00574. The smallest absolute Gasteiger partial charge is 0.284 e. The summed E-state index contributed by atoms with van der Waals surface area (Å²) in [5, 5.41) is 15.1. The summed E-state index contributed by atoms with van der Waals surface area (Å²) in [5.41, 5.74) is 2.52. The van der Waals surface area contributed by atoms with Crippen LogP contribution in [-0.2, 0) is 14.3 Å². The van der Waals surface area contributed by atoms with E-state index in [0.29, 0.717) is 36.0 Å². The van der Waals surface area contributed by atoms with Crippen LogP contribution in [0.4, 0.5) is 5.69 Å². The van der Waals surface area contributed by atoms with Crippen LogP contribution in [0, 0.1) is 10.1 Å². The lowest BCUT2D eigenvalue weighted by Gasteiger charge is -2.20. The Morgan fingerprint density at radius 1 is 1.36 bits per heavy atom. The number of nitro benzene ring substituents is 1. The molecule has 0 unspecified atom stereocenters. The molecule has 3 rings (SSSR count). The van der Waals surface area contributed by atoms with E-state index in [9.17, 15) is 14.9 Å². The van der Waals surface area contributed by atoms with Gasteiger partial charge < -0.3 is 18.6 Å². The van der Waals surface area contributed by atoms with Crippen LogP contribution in [0.3, 0.4) is 0 Å². The number of carbonyl (C=O) groups excluding carboxylic acids is 1. The fraction of sp³-hybridized carbons (Fsp3) is 0.333. The molecular weight excluding hydrogens is 370 g/mol. The molecule has 0 bridgehead atoms. The van der Waals surface area contributed by atoms with E-state index < -0.39 is 10.7 Å². The average molecular weight is 389 g/mol. The molecule has 1 N–H and O–H groups in total. The van der Waals surface area contributed by atoms with Gasteiger partial charge in [-0.2, -0.15) is 5.10 Å². The molecule has 2 heterocycles. The van der Waals surface area contributed by atoms with E-state index >= 15 is 0 Å². The molecule has 2 aromatic rings. The molecule has 10 heteroatoms. The molecule has 148 valence electrons. The van der Waals surface area contributed by atoms with Crippen molar-refractivity contribution in [1.29, 1.82) is 0 Å². The third-order valence-corrected chi connectivity index (χ3v) is 4.05. The highest BCUT2D eigenvalue weighted by Crippen LogP contribution is 2.33. The lowest BCUT2D eigenvalue weighted by molar-refractivity contribution is -0.384. The molecule has 1 aliphatic rings. The molecule has 0 aliphatic carbocycles. The van der Waals surface area contributed by atoms with E-state index in [1.54, 1.807) is 31.2 Å². The van der Waals surface area contributed by atoms with E-state index in [-0.39, 0.29) is 18.0 Å². The van der Waals surface area contributed by atoms with Crippen molar-refractivity contribution in [2.75, 3.05) is 20.3 Å². The number of amides is 1. The Kier molecular flexibility index (Phi) is 5.71. The zero-order valence-electron chi connectivity index (χ0n) is 15.3. The van der Waals surface area contributed by atoms with Gasteiger partial charge in [-0.25, -0.2) is 5.43 Å². The van der Waals surface area contributed by atoms with Gasteiger partial charge in [-0.15, -0.1) is 0 Å². The van der Waals surface area contributed by atoms with Crippen LogP contribution >= 0.6 is 0 Å². The number of ether oxygens (including phenoxy) is 3. The van der Waals surface area contributed by atoms with Crippen molar-refractivity contribution in [3.63, 3.8) is 0 Å². The Balaban J connectivity index is 1.66. The van der Waals surface area contributed by atoms with E-state index in [4.69, 9.17) is 18.6 Å². The highest BCUT2D eigenvalue weighted by Gasteiger charge is 2.33. The maximum atomic E-state index is 11.9. The number of carbonyl (C=O) groups is 1. The van der Waals surface area contributed by atoms with Crippen molar-refractivity contribution in [2.24, 2.45) is 5.10 Å². The Bertz CT molecular complexity index is 900. The van der Waals surface area contributed by atoms with Crippen molar-refractivity contribution in [1.82, 2.24) is 5.43 Å². The number of nitrogens with one attached hydrogen (secondary N) is 1. The van der Waals surface area contributed by atoms with Gasteiger partial charge in [0.05, 0.1) is 49.5 Å². The first-order valence-corrected chi connectivity index (χ1v) is 8.43. The number of rotatable bonds is 7. The summed E-state index contributed by atoms with van der Waals surface area (Å²) in [6.45, 7) is 2.57. The third-order valence-electron chi connectivity index (χ3n) is 4.05. The van der Waals surface area contributed by atoms with Gasteiger partial charge in [-0.1, -0.05) is 0 Å². The maximum absolute atomic E-state index is 11.9. The molecule has 28 heavy (non-hydrogen) atoms. The standard InChI is InChI=1S/C18H19N3O7/c1-18(26-7-8-27-18)10-17(22)20-19-11-13-4-6-16(28-13)14-5-3-12(25-2)9-15(14)21(23)24/h3-6,9,11H,7-8,10H2,1-2H3,(H,20,22). The quantitative estimate of drug-likeness (QED) is 0.438. The highest BCUT2D eigenvalue weighted by molar-refractivity contribution is 5.82. The third kappa shape index (κ3) is 4.53. The van der Waals surface area contributed by atoms with Gasteiger partial charge in [-0.3, -0.25) is 14.9 Å². The van der Waals surface area contributed by atoms with Gasteiger partial charge in [0.1, 0.15) is 17.3 Å². The maximum Gasteiger partial charge on any atom is 0.284 e. The molecule has 0 saturated carbocycles. The molecule has 0 spiro atoms. The van der Waals surface area contributed by atoms with Crippen LogP contribution in [-0.4, -0.2) is 43.2 Å². The molecular formula is C18H19N3O7. The number of nitrogens with zero attached hydrogens (tertiary/aromatic N) is 2. The molecule has 1 aromatic heterocycles. The minimum atomic E-state index is -0.940. The first-order valence-electron chi connectivity index (χ1n) is 8.43. The average Bonchev–Trinajstić information content (AvgIpc) is 3.30. The van der Waals surface area contributed by atoms with Crippen molar-refractivity contribution in [3.05, 3.63) is 46.2 Å². The number of nitro groups is 1. The zero-order valence-corrected chi connectivity index (χ0v) is 15.3. The summed E-state index contributed by atoms with van der Waals surface area (Å²) in [4.78, 5) is 22.7. The summed E-state index contributed by atoms with van der Waals surface area (Å²) in [7, 11) is 1.43. The van der Waals surface area contributed by atoms with Gasteiger partial charge in [0.25, 0.3) is 5.69 Å². The number of hydrogen-bond donors (Lipinski definition) is 1. The second-order valence-electron chi connectivity index (χ2n) is 6.14. The lowest BCUT2D eigenvalue weighted by atomic mass is 10.1. The predicted octanol–water partition coefficient (Wildman–Crippen LogP) is 2.47. The van der Waals surface area contributed by atoms with Crippen molar-refractivity contribution in [2.45, 2.75) is 19.1 Å². The Hall–Kier alpha value is -3.24. The summed E-state index contributed by atoms with van der Waals surface area (Å²) in [6.07, 6.45) is 1.31. The van der Waals surface area contributed by atoms with Gasteiger partial charge in [0.2, 0.25) is 5.91 Å². The van der Waals surface area contributed by atoms with Gasteiger partial charge in [0.15, 0.2) is 5.79 Å². The largest absolute Gasteiger partial charge is 0.497 e. The van der Waals surface area contributed by atoms with Crippen molar-refractivity contribution < 1.29 is 28.3 Å². The fourth-order valence-corrected chi connectivity index (χ4v) is 2.72. The van der Waals surface area contributed by atoms with E-state index in [1.165, 1.54) is 19.4 Å². The van der Waals surface area contributed by atoms with E-state index in [0.717, 1.165) is 0 Å². The number of methoxy groups -OCH3 is 1. The van der Waals surface area contributed by atoms with Crippen molar-refractivity contribution in [3.8, 4) is 17.1 Å². The summed E-state index contributed by atoms with van der Waals surface area (Å²) >= 11 is 0. The second kappa shape index (κ2) is 8.19. The molecule has 1 aromatic carbocycles. The molecule has 1 aliphatic heterocycles. The summed E-state index contributed by atoms with van der Waals surface area (Å²) in [6, 6.07) is 7.63. The SMILES string of the molecule is COc1ccc(-c2ccc(C=NNC(=O)CC3(C)OCCO3)o2)c([N+](=O)[O-])c1. The lowest BCUT2D eigenvalue weighted by Crippen LogP contribution is -2.33. The first kappa shape index (κ1) is 19.5. The monoisotopic (exact) mass is 389 g/mol. The molecule has 0 radical (unpaired) electrons. The van der Waals surface area contributed by atoms with Crippen LogP contribution in [0.5, 0.6) is 5.75 Å². The molecule has 10 nitrogen and oxygen atoms in total. The van der Waals surface area contributed by atoms with Crippen LogP contribution in [0.25, 0.3) is 11.3 Å². The number of benzene rings is 1. The summed E-state index contributed by atoms with van der Waals surface area (Å²) in [5.74, 6) is -0.332. The molecule has 0 atom stereocenters. The number of hydrogen-bond acceptors (Lipinski definition) is 8. The molecule has 1 saturated heterocycles. The van der Waals surface area contributed by atoms with Crippen LogP contribution in [0.15, 0.2) is 39.9 Å². The number of furan rings is 1. The van der Waals surface area contributed by atoms with Crippen LogP contribution in [0.1, 0.15) is 19.1 Å². The minimum Gasteiger partial charge on any atom is -0.497 e. The highest BCUT2D eigenvalue weighted by atomic mass is 16.7. The molecule has 1 amide bonds. The Morgan fingerprint density at radius 2 is 2.11 bits per heavy atom. The fourth-order valence-electron chi connectivity index (χ4n) is 2.72. The topological polar surface area (TPSA) is 125 Å². The van der Waals surface area contributed by atoms with E-state index in [1.807, 2.05) is 0 Å². The van der Waals surface area contributed by atoms with Gasteiger partial charge in [0, 0.05) is 0 Å². The Labute approximate surface area is 160 Å². The Morgan fingerprint density at radius 3 is 2.79 bits per heavy atom. The number of hydrazone groups is 1. The van der Waals surface area contributed by atoms with Crippen molar-refractivity contribution >= 4 is 17.8 Å². The zero-order chi connectivity index (χ0) is 20.1. The predicted molar refractivity (Wildman–Crippen MR) is 98.0 cm³/mol. The first-order chi connectivity index (χ1) is 13.4. The van der Waals surface area contributed by atoms with Crippen LogP contribution < -0.4 is 10.2 Å². The van der Waals surface area contributed by atoms with Gasteiger partial charge in [-0.05, 0) is 31.2 Å². The van der Waals surface area contributed by atoms with E-state index in [2.05, 4.69) is 10.5 Å². The normalized spacial score (nSPS) is 15.6. The second-order valence-corrected chi connectivity index (χ2v) is 6.14.